The van der Waals surface area contributed by atoms with Crippen LogP contribution in [0.3, 0.4) is 0 Å². The zero-order chi connectivity index (χ0) is 5.86. The van der Waals surface area contributed by atoms with Crippen LogP contribution in [-0.4, -0.2) is 18.1 Å². The molecule has 0 aromatic heterocycles. The van der Waals surface area contributed by atoms with Crippen LogP contribution in [-0.2, 0) is 9.59 Å². The molecule has 4 nitrogen and oxygen atoms in total. The van der Waals surface area contributed by atoms with E-state index in [1.165, 1.54) is 6.92 Å². The minimum Gasteiger partial charge on any atom is -0.344 e. The summed E-state index contributed by atoms with van der Waals surface area (Å²) in [5, 5.41) is 0. The molecule has 0 saturated heterocycles. The molecule has 0 rings (SSSR count). The third kappa shape index (κ3) is 3.45. The SMILES string of the molecule is CC(=O)C(=O)CN.N. The van der Waals surface area contributed by atoms with E-state index in [2.05, 4.69) is 0 Å². The van der Waals surface area contributed by atoms with E-state index in [1.807, 2.05) is 0 Å². The maximum absolute atomic E-state index is 10.0. The number of rotatable bonds is 2. The van der Waals surface area contributed by atoms with Gasteiger partial charge in [-0.25, -0.2) is 0 Å². The van der Waals surface area contributed by atoms with E-state index in [0.717, 1.165) is 0 Å². The second kappa shape index (κ2) is 4.42. The summed E-state index contributed by atoms with van der Waals surface area (Å²) < 4.78 is 0. The van der Waals surface area contributed by atoms with Crippen LogP contribution in [0.2, 0.25) is 0 Å². The summed E-state index contributed by atoms with van der Waals surface area (Å²) in [6.07, 6.45) is 0. The number of ketones is 2. The minimum atomic E-state index is -0.514. The number of nitrogens with two attached hydrogens (primary N) is 1. The lowest BCUT2D eigenvalue weighted by Gasteiger charge is -1.82. The highest BCUT2D eigenvalue weighted by Gasteiger charge is 2.01. The Balaban J connectivity index is 0. The Morgan fingerprint density at radius 1 is 1.50 bits per heavy atom. The van der Waals surface area contributed by atoms with Gasteiger partial charge in [0.05, 0.1) is 6.54 Å². The van der Waals surface area contributed by atoms with Crippen molar-refractivity contribution in [2.45, 2.75) is 6.92 Å². The van der Waals surface area contributed by atoms with E-state index in [-0.39, 0.29) is 12.7 Å². The lowest BCUT2D eigenvalue weighted by atomic mass is 10.3. The van der Waals surface area contributed by atoms with Crippen molar-refractivity contribution in [3.8, 4) is 0 Å². The molecule has 5 N–H and O–H groups in total. The normalized spacial score (nSPS) is 7.25. The highest BCUT2D eigenvalue weighted by atomic mass is 16.2. The molecule has 0 aromatic rings. The second-order valence-corrected chi connectivity index (χ2v) is 1.18. The van der Waals surface area contributed by atoms with Crippen molar-refractivity contribution in [3.63, 3.8) is 0 Å². The Kier molecular flexibility index (Phi) is 5.68. The molecule has 0 aromatic carbocycles. The standard InChI is InChI=1S/C4H7NO2.H3N/c1-3(6)4(7)2-5;/h2,5H2,1H3;1H3. The number of carbonyl (C=O) groups excluding carboxylic acids is 2. The third-order valence-corrected chi connectivity index (χ3v) is 0.578. The fourth-order valence-electron chi connectivity index (χ4n) is 0.144. The van der Waals surface area contributed by atoms with E-state index < -0.39 is 11.6 Å². The van der Waals surface area contributed by atoms with E-state index in [9.17, 15) is 9.59 Å². The highest BCUT2D eigenvalue weighted by molar-refractivity contribution is 6.36. The molecule has 48 valence electrons. The molecule has 0 saturated carbocycles. The fraction of sp³-hybridized carbons (Fsp3) is 0.500. The Labute approximate surface area is 47.6 Å². The summed E-state index contributed by atoms with van der Waals surface area (Å²) in [6.45, 7) is 1.03. The average molecular weight is 118 g/mol. The van der Waals surface area contributed by atoms with E-state index in [1.54, 1.807) is 0 Å². The first-order valence-electron chi connectivity index (χ1n) is 1.92. The van der Waals surface area contributed by atoms with Crippen LogP contribution in [0.5, 0.6) is 0 Å². The monoisotopic (exact) mass is 118 g/mol. The molecule has 4 heteroatoms. The maximum atomic E-state index is 10.0. The van der Waals surface area contributed by atoms with Crippen LogP contribution in [0.15, 0.2) is 0 Å². The minimum absolute atomic E-state index is 0. The molecule has 8 heavy (non-hydrogen) atoms. The van der Waals surface area contributed by atoms with Gasteiger partial charge in [0, 0.05) is 6.92 Å². The van der Waals surface area contributed by atoms with Gasteiger partial charge in [0.2, 0.25) is 5.78 Å². The van der Waals surface area contributed by atoms with Crippen molar-refractivity contribution in [1.29, 1.82) is 0 Å². The van der Waals surface area contributed by atoms with Crippen LogP contribution >= 0.6 is 0 Å². The van der Waals surface area contributed by atoms with Gasteiger partial charge in [0.15, 0.2) is 5.78 Å². The van der Waals surface area contributed by atoms with Crippen molar-refractivity contribution in [2.75, 3.05) is 6.54 Å². The first kappa shape index (κ1) is 10.3. The van der Waals surface area contributed by atoms with Gasteiger partial charge >= 0.3 is 0 Å². The lowest BCUT2D eigenvalue weighted by molar-refractivity contribution is -0.134. The van der Waals surface area contributed by atoms with Gasteiger partial charge in [-0.05, 0) is 0 Å². The van der Waals surface area contributed by atoms with E-state index in [4.69, 9.17) is 5.73 Å². The van der Waals surface area contributed by atoms with Gasteiger partial charge < -0.3 is 11.9 Å². The zero-order valence-corrected chi connectivity index (χ0v) is 4.81. The lowest BCUT2D eigenvalue weighted by Crippen LogP contribution is -2.20. The second-order valence-electron chi connectivity index (χ2n) is 1.18. The van der Waals surface area contributed by atoms with Crippen molar-refractivity contribution in [2.24, 2.45) is 5.73 Å². The molecule has 0 atom stereocenters. The average Bonchev–Trinajstić information content (AvgIpc) is 1.65. The van der Waals surface area contributed by atoms with Crippen molar-refractivity contribution < 1.29 is 9.59 Å². The van der Waals surface area contributed by atoms with Crippen LogP contribution < -0.4 is 11.9 Å². The van der Waals surface area contributed by atoms with Crippen LogP contribution in [0.1, 0.15) is 6.92 Å². The quantitative estimate of drug-likeness (QED) is 0.467. The fourth-order valence-corrected chi connectivity index (χ4v) is 0.144. The summed E-state index contributed by atoms with van der Waals surface area (Å²) in [5.74, 6) is -0.984. The summed E-state index contributed by atoms with van der Waals surface area (Å²) in [5.41, 5.74) is 4.80. The molecule has 0 heterocycles. The summed E-state index contributed by atoms with van der Waals surface area (Å²) >= 11 is 0. The highest BCUT2D eigenvalue weighted by Crippen LogP contribution is 1.66. The van der Waals surface area contributed by atoms with Gasteiger partial charge in [-0.2, -0.15) is 0 Å². The van der Waals surface area contributed by atoms with Gasteiger partial charge in [-0.1, -0.05) is 0 Å². The number of carbonyl (C=O) groups is 2. The van der Waals surface area contributed by atoms with Gasteiger partial charge in [0.1, 0.15) is 0 Å². The Bertz CT molecular complexity index is 100. The van der Waals surface area contributed by atoms with Crippen LogP contribution in [0, 0.1) is 0 Å². The van der Waals surface area contributed by atoms with E-state index >= 15 is 0 Å². The molecule has 0 radical (unpaired) electrons. The first-order valence-corrected chi connectivity index (χ1v) is 1.92. The first-order chi connectivity index (χ1) is 3.18. The molecule has 0 aliphatic heterocycles. The third-order valence-electron chi connectivity index (χ3n) is 0.578. The topological polar surface area (TPSA) is 95.2 Å². The van der Waals surface area contributed by atoms with Gasteiger partial charge in [-0.15, -0.1) is 0 Å². The predicted octanol–water partition coefficient (Wildman–Crippen LogP) is -0.735. The molecule has 0 aliphatic rings. The molecular formula is C4H10N2O2. The Morgan fingerprint density at radius 2 is 1.88 bits per heavy atom. The molecular weight excluding hydrogens is 108 g/mol. The summed E-state index contributed by atoms with van der Waals surface area (Å²) in [4.78, 5) is 20.0. The van der Waals surface area contributed by atoms with Crippen LogP contribution in [0.25, 0.3) is 0 Å². The molecule has 0 fully saturated rings. The maximum Gasteiger partial charge on any atom is 0.211 e. The predicted molar refractivity (Wildman–Crippen MR) is 29.8 cm³/mol. The molecule has 0 unspecified atom stereocenters. The molecule has 0 aliphatic carbocycles. The Morgan fingerprint density at radius 3 is 1.88 bits per heavy atom. The van der Waals surface area contributed by atoms with Crippen LogP contribution in [0.4, 0.5) is 0 Å². The van der Waals surface area contributed by atoms with Crippen molar-refractivity contribution in [1.82, 2.24) is 6.15 Å². The largest absolute Gasteiger partial charge is 0.344 e. The molecule has 0 spiro atoms. The van der Waals surface area contributed by atoms with Gasteiger partial charge in [-0.3, -0.25) is 9.59 Å². The number of hydrogen-bond acceptors (Lipinski definition) is 4. The van der Waals surface area contributed by atoms with E-state index in [0.29, 0.717) is 0 Å². The number of Topliss-reactive ketones (excluding diaryl/α,β-unsaturated/α-hetero) is 2. The zero-order valence-electron chi connectivity index (χ0n) is 4.81. The smallest absolute Gasteiger partial charge is 0.211 e. The number of hydrogen-bond donors (Lipinski definition) is 2. The van der Waals surface area contributed by atoms with Crippen molar-refractivity contribution in [3.05, 3.63) is 0 Å². The summed E-state index contributed by atoms with van der Waals surface area (Å²) in [6, 6.07) is 0. The molecule has 0 amide bonds. The molecule has 0 bridgehead atoms. The van der Waals surface area contributed by atoms with Gasteiger partial charge in [0.25, 0.3) is 0 Å². The van der Waals surface area contributed by atoms with Crippen molar-refractivity contribution >= 4 is 11.6 Å². The Hall–Kier alpha value is -0.740. The summed E-state index contributed by atoms with van der Waals surface area (Å²) in [7, 11) is 0.